The summed E-state index contributed by atoms with van der Waals surface area (Å²) in [4.78, 5) is 0. The maximum Gasteiger partial charge on any atom is 0.0820 e. The van der Waals surface area contributed by atoms with Crippen molar-refractivity contribution in [2.24, 2.45) is 0 Å². The summed E-state index contributed by atoms with van der Waals surface area (Å²) in [5.74, 6) is 0. The van der Waals surface area contributed by atoms with Crippen molar-refractivity contribution in [1.82, 2.24) is 5.43 Å². The van der Waals surface area contributed by atoms with Crippen LogP contribution < -0.4 is 10.6 Å². The summed E-state index contributed by atoms with van der Waals surface area (Å²) in [6.07, 6.45) is 0.990. The minimum atomic E-state index is 0.756. The van der Waals surface area contributed by atoms with E-state index < -0.39 is 0 Å². The SMILES string of the molecule is CCCNN(O)c1ccccc1. The van der Waals surface area contributed by atoms with E-state index >= 15 is 0 Å². The van der Waals surface area contributed by atoms with Crippen molar-refractivity contribution in [3.8, 4) is 0 Å². The van der Waals surface area contributed by atoms with E-state index in [4.69, 9.17) is 0 Å². The molecule has 0 amide bonds. The van der Waals surface area contributed by atoms with Gasteiger partial charge in [0.1, 0.15) is 0 Å². The molecule has 1 aromatic carbocycles. The fraction of sp³-hybridized carbons (Fsp3) is 0.333. The first-order valence-electron chi connectivity index (χ1n) is 4.12. The van der Waals surface area contributed by atoms with Gasteiger partial charge in [-0.05, 0) is 18.6 Å². The lowest BCUT2D eigenvalue weighted by atomic mass is 10.3. The highest BCUT2D eigenvalue weighted by molar-refractivity contribution is 5.41. The second kappa shape index (κ2) is 4.74. The highest BCUT2D eigenvalue weighted by Crippen LogP contribution is 2.07. The molecule has 0 unspecified atom stereocenters. The average molecular weight is 166 g/mol. The number of benzene rings is 1. The normalized spacial score (nSPS) is 9.83. The topological polar surface area (TPSA) is 35.5 Å². The monoisotopic (exact) mass is 166 g/mol. The van der Waals surface area contributed by atoms with Crippen molar-refractivity contribution < 1.29 is 5.21 Å². The second-order valence-corrected chi connectivity index (χ2v) is 2.56. The van der Waals surface area contributed by atoms with Gasteiger partial charge in [-0.15, -0.1) is 0 Å². The van der Waals surface area contributed by atoms with Crippen LogP contribution in [0.3, 0.4) is 0 Å². The Bertz CT molecular complexity index is 213. The van der Waals surface area contributed by atoms with Crippen molar-refractivity contribution in [2.75, 3.05) is 11.7 Å². The third-order valence-electron chi connectivity index (χ3n) is 1.51. The summed E-state index contributed by atoms with van der Waals surface area (Å²) in [7, 11) is 0. The summed E-state index contributed by atoms with van der Waals surface area (Å²) in [6.45, 7) is 2.82. The van der Waals surface area contributed by atoms with Crippen LogP contribution in [-0.4, -0.2) is 11.8 Å². The number of nitrogens with zero attached hydrogens (tertiary/aromatic N) is 1. The molecule has 3 nitrogen and oxygen atoms in total. The molecule has 0 aliphatic rings. The van der Waals surface area contributed by atoms with E-state index in [2.05, 4.69) is 5.43 Å². The molecule has 0 aliphatic heterocycles. The molecule has 0 heterocycles. The molecule has 0 saturated heterocycles. The van der Waals surface area contributed by atoms with E-state index in [-0.39, 0.29) is 0 Å². The molecule has 1 rings (SSSR count). The van der Waals surface area contributed by atoms with E-state index in [9.17, 15) is 5.21 Å². The smallest absolute Gasteiger partial charge is 0.0820 e. The van der Waals surface area contributed by atoms with Crippen LogP contribution in [0.15, 0.2) is 30.3 Å². The van der Waals surface area contributed by atoms with Crippen LogP contribution in [0.25, 0.3) is 0 Å². The van der Waals surface area contributed by atoms with E-state index in [1.54, 1.807) is 0 Å². The molecule has 12 heavy (non-hydrogen) atoms. The van der Waals surface area contributed by atoms with Crippen molar-refractivity contribution >= 4 is 5.69 Å². The van der Waals surface area contributed by atoms with Crippen LogP contribution in [-0.2, 0) is 0 Å². The summed E-state index contributed by atoms with van der Waals surface area (Å²) in [5, 5.41) is 10.4. The first-order chi connectivity index (χ1) is 5.84. The molecular formula is C9H14N2O. The zero-order valence-corrected chi connectivity index (χ0v) is 7.20. The number of nitrogens with one attached hydrogen (secondary N) is 1. The van der Waals surface area contributed by atoms with E-state index in [1.807, 2.05) is 37.3 Å². The van der Waals surface area contributed by atoms with E-state index in [1.165, 1.54) is 0 Å². The lowest BCUT2D eigenvalue weighted by molar-refractivity contribution is 0.211. The third-order valence-corrected chi connectivity index (χ3v) is 1.51. The molecule has 0 saturated carbocycles. The van der Waals surface area contributed by atoms with Gasteiger partial charge < -0.3 is 0 Å². The molecular weight excluding hydrogens is 152 g/mol. The van der Waals surface area contributed by atoms with Crippen LogP contribution in [0, 0.1) is 0 Å². The second-order valence-electron chi connectivity index (χ2n) is 2.56. The van der Waals surface area contributed by atoms with Gasteiger partial charge in [0.15, 0.2) is 0 Å². The van der Waals surface area contributed by atoms with Gasteiger partial charge >= 0.3 is 0 Å². The molecule has 0 atom stereocenters. The maximum atomic E-state index is 9.37. The predicted molar refractivity (Wildman–Crippen MR) is 49.0 cm³/mol. The predicted octanol–water partition coefficient (Wildman–Crippen LogP) is 1.80. The molecule has 0 spiro atoms. The minimum absolute atomic E-state index is 0.756. The number of para-hydroxylation sites is 1. The Morgan fingerprint density at radius 2 is 2.00 bits per heavy atom. The standard InChI is InChI=1S/C9H14N2O/c1-2-8-10-11(12)9-6-4-3-5-7-9/h3-7,10,12H,2,8H2,1H3. The molecule has 0 bridgehead atoms. The van der Waals surface area contributed by atoms with Gasteiger partial charge in [0, 0.05) is 6.54 Å². The Balaban J connectivity index is 2.48. The molecule has 0 fully saturated rings. The van der Waals surface area contributed by atoms with Crippen LogP contribution in [0.2, 0.25) is 0 Å². The molecule has 0 aliphatic carbocycles. The number of rotatable bonds is 4. The van der Waals surface area contributed by atoms with Crippen molar-refractivity contribution in [1.29, 1.82) is 0 Å². The van der Waals surface area contributed by atoms with Crippen LogP contribution in [0.4, 0.5) is 5.69 Å². The van der Waals surface area contributed by atoms with Crippen molar-refractivity contribution in [3.63, 3.8) is 0 Å². The van der Waals surface area contributed by atoms with Gasteiger partial charge in [0.05, 0.1) is 5.69 Å². The van der Waals surface area contributed by atoms with Crippen molar-refractivity contribution in [3.05, 3.63) is 30.3 Å². The fourth-order valence-corrected chi connectivity index (χ4v) is 0.878. The molecule has 3 heteroatoms. The van der Waals surface area contributed by atoms with Crippen LogP contribution in [0.1, 0.15) is 13.3 Å². The van der Waals surface area contributed by atoms with Gasteiger partial charge in [-0.1, -0.05) is 25.1 Å². The maximum absolute atomic E-state index is 9.37. The summed E-state index contributed by atoms with van der Waals surface area (Å²) in [6, 6.07) is 9.35. The van der Waals surface area contributed by atoms with Crippen LogP contribution in [0.5, 0.6) is 0 Å². The lowest BCUT2D eigenvalue weighted by Gasteiger charge is -2.16. The molecule has 66 valence electrons. The Labute approximate surface area is 72.6 Å². The molecule has 0 radical (unpaired) electrons. The first kappa shape index (κ1) is 9.03. The Kier molecular flexibility index (Phi) is 3.57. The Morgan fingerprint density at radius 1 is 1.33 bits per heavy atom. The zero-order chi connectivity index (χ0) is 8.81. The summed E-state index contributed by atoms with van der Waals surface area (Å²) < 4.78 is 0. The number of hydrogen-bond donors (Lipinski definition) is 2. The Morgan fingerprint density at radius 3 is 2.58 bits per heavy atom. The largest absolute Gasteiger partial charge is 0.273 e. The number of hydrazine groups is 1. The summed E-state index contributed by atoms with van der Waals surface area (Å²) >= 11 is 0. The molecule has 1 aromatic rings. The van der Waals surface area contributed by atoms with Crippen LogP contribution >= 0.6 is 0 Å². The van der Waals surface area contributed by atoms with Gasteiger partial charge in [0.25, 0.3) is 0 Å². The van der Waals surface area contributed by atoms with Gasteiger partial charge in [0.2, 0.25) is 0 Å². The van der Waals surface area contributed by atoms with Crippen molar-refractivity contribution in [2.45, 2.75) is 13.3 Å². The Hall–Kier alpha value is -1.06. The zero-order valence-electron chi connectivity index (χ0n) is 7.20. The van der Waals surface area contributed by atoms with Gasteiger partial charge in [-0.2, -0.15) is 5.17 Å². The average Bonchev–Trinajstić information content (AvgIpc) is 2.15. The third kappa shape index (κ3) is 2.53. The van der Waals surface area contributed by atoms with E-state index in [0.717, 1.165) is 23.8 Å². The number of hydrogen-bond acceptors (Lipinski definition) is 3. The fourth-order valence-electron chi connectivity index (χ4n) is 0.878. The number of anilines is 1. The highest BCUT2D eigenvalue weighted by Gasteiger charge is 1.97. The lowest BCUT2D eigenvalue weighted by Crippen LogP contribution is -2.35. The molecule has 0 aromatic heterocycles. The summed E-state index contributed by atoms with van der Waals surface area (Å²) in [5.41, 5.74) is 3.59. The van der Waals surface area contributed by atoms with E-state index in [0.29, 0.717) is 0 Å². The quantitative estimate of drug-likeness (QED) is 0.669. The van der Waals surface area contributed by atoms with Gasteiger partial charge in [-0.25, -0.2) is 5.43 Å². The first-order valence-corrected chi connectivity index (χ1v) is 4.12. The van der Waals surface area contributed by atoms with Gasteiger partial charge in [-0.3, -0.25) is 5.21 Å². The highest BCUT2D eigenvalue weighted by atomic mass is 16.5. The minimum Gasteiger partial charge on any atom is -0.273 e. The molecule has 2 N–H and O–H groups in total.